The minimum atomic E-state index is -0.379. The van der Waals surface area contributed by atoms with Gasteiger partial charge in [0, 0.05) is 44.5 Å². The highest BCUT2D eigenvalue weighted by Crippen LogP contribution is 2.18. The number of hydrogen-bond acceptors (Lipinski definition) is 6. The number of nitrogens with zero attached hydrogens (tertiary/aromatic N) is 4. The number of para-hydroxylation sites is 1. The summed E-state index contributed by atoms with van der Waals surface area (Å²) < 4.78 is 5.07. The van der Waals surface area contributed by atoms with Crippen LogP contribution in [0.4, 0.5) is 5.69 Å². The van der Waals surface area contributed by atoms with E-state index in [-0.39, 0.29) is 18.4 Å². The third-order valence-electron chi connectivity index (χ3n) is 6.18. The lowest BCUT2D eigenvalue weighted by Gasteiger charge is -2.40. The highest BCUT2D eigenvalue weighted by molar-refractivity contribution is 5.98. The van der Waals surface area contributed by atoms with Crippen molar-refractivity contribution < 1.29 is 14.3 Å². The number of hydrogen-bond donors (Lipinski definition) is 0. The summed E-state index contributed by atoms with van der Waals surface area (Å²) in [5.74, 6) is -0.439. The van der Waals surface area contributed by atoms with E-state index in [0.29, 0.717) is 19.2 Å². The van der Waals surface area contributed by atoms with Crippen LogP contribution >= 0.6 is 0 Å². The molecule has 0 N–H and O–H groups in total. The maximum Gasteiger partial charge on any atom is 0.326 e. The summed E-state index contributed by atoms with van der Waals surface area (Å²) >= 11 is 0. The van der Waals surface area contributed by atoms with Crippen molar-refractivity contribution in [2.75, 3.05) is 70.9 Å². The Hall–Kier alpha value is -1.96. The fourth-order valence-electron chi connectivity index (χ4n) is 4.35. The van der Waals surface area contributed by atoms with E-state index in [2.05, 4.69) is 21.7 Å². The van der Waals surface area contributed by atoms with E-state index >= 15 is 0 Å². The van der Waals surface area contributed by atoms with Crippen molar-refractivity contribution in [3.05, 3.63) is 30.3 Å². The Morgan fingerprint density at radius 3 is 2.40 bits per heavy atom. The first-order valence-corrected chi connectivity index (χ1v) is 11.2. The highest BCUT2D eigenvalue weighted by Gasteiger charge is 2.27. The maximum absolute atomic E-state index is 13.0. The van der Waals surface area contributed by atoms with Crippen molar-refractivity contribution in [2.45, 2.75) is 32.2 Å². The number of likely N-dealkylation sites (N-methyl/N-ethyl adjacent to an activating group) is 1. The average molecular weight is 417 g/mol. The number of anilines is 1. The van der Waals surface area contributed by atoms with E-state index in [1.807, 2.05) is 30.3 Å². The molecule has 1 atom stereocenters. The van der Waals surface area contributed by atoms with Crippen LogP contribution in [-0.4, -0.2) is 98.6 Å². The molecule has 1 unspecified atom stereocenters. The molecule has 2 saturated heterocycles. The fourth-order valence-corrected chi connectivity index (χ4v) is 4.35. The van der Waals surface area contributed by atoms with Crippen molar-refractivity contribution in [3.8, 4) is 0 Å². The summed E-state index contributed by atoms with van der Waals surface area (Å²) in [4.78, 5) is 33.9. The van der Waals surface area contributed by atoms with Crippen molar-refractivity contribution in [2.24, 2.45) is 0 Å². The van der Waals surface area contributed by atoms with Gasteiger partial charge in [-0.05, 0) is 45.5 Å². The molecule has 0 aromatic heterocycles. The first-order chi connectivity index (χ1) is 14.6. The van der Waals surface area contributed by atoms with E-state index in [1.165, 1.54) is 25.8 Å². The minimum absolute atomic E-state index is 0.0509. The van der Waals surface area contributed by atoms with Crippen molar-refractivity contribution in [1.29, 1.82) is 0 Å². The number of piperazine rings is 1. The zero-order valence-corrected chi connectivity index (χ0v) is 18.5. The molecule has 3 rings (SSSR count). The van der Waals surface area contributed by atoms with Crippen LogP contribution in [0.15, 0.2) is 30.3 Å². The Kier molecular flexibility index (Phi) is 8.66. The number of likely N-dealkylation sites (tertiary alicyclic amines) is 1. The standard InChI is InChI=1S/C23H36N4O3/c1-3-30-23(29)19-27(20-9-5-4-6-10-20)22(28)18-26-15-13-25(14-16-26)17-21-11-7-8-12-24(21)2/h4-6,9-10,21H,3,7-8,11-19H2,1-2H3. The van der Waals surface area contributed by atoms with Crippen LogP contribution in [0, 0.1) is 0 Å². The smallest absolute Gasteiger partial charge is 0.326 e. The SMILES string of the molecule is CCOC(=O)CN(C(=O)CN1CCN(CC2CCCCN2C)CC1)c1ccccc1. The van der Waals surface area contributed by atoms with Gasteiger partial charge in [0.25, 0.3) is 0 Å². The second-order valence-corrected chi connectivity index (χ2v) is 8.33. The van der Waals surface area contributed by atoms with Crippen molar-refractivity contribution in [1.82, 2.24) is 14.7 Å². The van der Waals surface area contributed by atoms with Crippen LogP contribution in [0.2, 0.25) is 0 Å². The predicted octanol–water partition coefficient (Wildman–Crippen LogP) is 1.68. The summed E-state index contributed by atoms with van der Waals surface area (Å²) in [5, 5.41) is 0. The summed E-state index contributed by atoms with van der Waals surface area (Å²) in [6.45, 7) is 8.42. The predicted molar refractivity (Wildman–Crippen MR) is 119 cm³/mol. The van der Waals surface area contributed by atoms with E-state index in [1.54, 1.807) is 11.8 Å². The lowest BCUT2D eigenvalue weighted by Crippen LogP contribution is -2.53. The Bertz CT molecular complexity index is 676. The van der Waals surface area contributed by atoms with Gasteiger partial charge < -0.3 is 14.5 Å². The van der Waals surface area contributed by atoms with E-state index in [9.17, 15) is 9.59 Å². The van der Waals surface area contributed by atoms with Crippen molar-refractivity contribution in [3.63, 3.8) is 0 Å². The molecular formula is C23H36N4O3. The molecule has 1 amide bonds. The first-order valence-electron chi connectivity index (χ1n) is 11.2. The summed E-state index contributed by atoms with van der Waals surface area (Å²) in [5.41, 5.74) is 0.731. The van der Waals surface area contributed by atoms with E-state index in [4.69, 9.17) is 4.74 Å². The van der Waals surface area contributed by atoms with Crippen molar-refractivity contribution >= 4 is 17.6 Å². The molecule has 7 nitrogen and oxygen atoms in total. The Labute approximate surface area is 180 Å². The molecule has 2 fully saturated rings. The number of ether oxygens (including phenoxy) is 1. The van der Waals surface area contributed by atoms with Crippen LogP contribution in [0.1, 0.15) is 26.2 Å². The van der Waals surface area contributed by atoms with Crippen LogP contribution in [-0.2, 0) is 14.3 Å². The molecular weight excluding hydrogens is 380 g/mol. The number of carbonyl (C=O) groups excluding carboxylic acids is 2. The summed E-state index contributed by atoms with van der Waals surface area (Å²) in [6.07, 6.45) is 3.93. The van der Waals surface area contributed by atoms with Gasteiger partial charge in [-0.1, -0.05) is 24.6 Å². The zero-order valence-electron chi connectivity index (χ0n) is 18.5. The van der Waals surface area contributed by atoms with Gasteiger partial charge in [0.1, 0.15) is 6.54 Å². The second-order valence-electron chi connectivity index (χ2n) is 8.33. The molecule has 0 bridgehead atoms. The first kappa shape index (κ1) is 22.7. The molecule has 2 heterocycles. The largest absolute Gasteiger partial charge is 0.465 e. The highest BCUT2D eigenvalue weighted by atomic mass is 16.5. The van der Waals surface area contributed by atoms with Gasteiger partial charge in [0.05, 0.1) is 13.2 Å². The molecule has 0 spiro atoms. The zero-order chi connectivity index (χ0) is 21.3. The molecule has 2 aliphatic rings. The van der Waals surface area contributed by atoms with Gasteiger partial charge in [0.2, 0.25) is 5.91 Å². The third-order valence-corrected chi connectivity index (χ3v) is 6.18. The van der Waals surface area contributed by atoms with Gasteiger partial charge in [-0.3, -0.25) is 19.4 Å². The van der Waals surface area contributed by atoms with Crippen LogP contribution in [0.25, 0.3) is 0 Å². The van der Waals surface area contributed by atoms with Crippen LogP contribution in [0.3, 0.4) is 0 Å². The van der Waals surface area contributed by atoms with Gasteiger partial charge in [-0.15, -0.1) is 0 Å². The number of rotatable bonds is 8. The molecule has 166 valence electrons. The molecule has 30 heavy (non-hydrogen) atoms. The second kappa shape index (κ2) is 11.4. The number of esters is 1. The molecule has 0 aliphatic carbocycles. The molecule has 1 aromatic carbocycles. The minimum Gasteiger partial charge on any atom is -0.465 e. The molecule has 0 radical (unpaired) electrons. The molecule has 1 aromatic rings. The number of piperidine rings is 1. The van der Waals surface area contributed by atoms with Gasteiger partial charge in [-0.2, -0.15) is 0 Å². The summed E-state index contributed by atoms with van der Waals surface area (Å²) in [6, 6.07) is 10.0. The Morgan fingerprint density at radius 1 is 1.03 bits per heavy atom. The van der Waals surface area contributed by atoms with E-state index in [0.717, 1.165) is 38.4 Å². The van der Waals surface area contributed by atoms with Gasteiger partial charge >= 0.3 is 5.97 Å². The molecule has 2 aliphatic heterocycles. The average Bonchev–Trinajstić information content (AvgIpc) is 2.76. The monoisotopic (exact) mass is 416 g/mol. The van der Waals surface area contributed by atoms with E-state index < -0.39 is 0 Å². The molecule has 0 saturated carbocycles. The van der Waals surface area contributed by atoms with Gasteiger partial charge in [-0.25, -0.2) is 0 Å². The summed E-state index contributed by atoms with van der Waals surface area (Å²) in [7, 11) is 2.24. The van der Waals surface area contributed by atoms with Crippen LogP contribution in [0.5, 0.6) is 0 Å². The topological polar surface area (TPSA) is 56.3 Å². The third kappa shape index (κ3) is 6.52. The van der Waals surface area contributed by atoms with Gasteiger partial charge in [0.15, 0.2) is 0 Å². The number of benzene rings is 1. The normalized spacial score (nSPS) is 21.3. The fraction of sp³-hybridized carbons (Fsp3) is 0.652. The van der Waals surface area contributed by atoms with Crippen LogP contribution < -0.4 is 4.90 Å². The Morgan fingerprint density at radius 2 is 1.73 bits per heavy atom. The number of amides is 1. The molecule has 7 heteroatoms. The quantitative estimate of drug-likeness (QED) is 0.601. The number of carbonyl (C=O) groups is 2. The maximum atomic E-state index is 13.0. The lowest BCUT2D eigenvalue weighted by molar-refractivity contribution is -0.142. The lowest BCUT2D eigenvalue weighted by atomic mass is 10.0. The Balaban J connectivity index is 1.51.